The van der Waals surface area contributed by atoms with Gasteiger partial charge in [0.1, 0.15) is 5.75 Å². The number of rotatable bonds is 2. The van der Waals surface area contributed by atoms with Crippen LogP contribution in [0.2, 0.25) is 0 Å². The van der Waals surface area contributed by atoms with Gasteiger partial charge in [-0.25, -0.2) is 0 Å². The van der Waals surface area contributed by atoms with Crippen LogP contribution in [-0.2, 0) is 10.1 Å². The Bertz CT molecular complexity index is 146. The van der Waals surface area contributed by atoms with E-state index in [2.05, 4.69) is 0 Å². The SMILES string of the molecule is CC(O)CS(=O)(=O)O.O. The summed E-state index contributed by atoms with van der Waals surface area (Å²) in [7, 11) is -3.97. The third kappa shape index (κ3) is 11.4. The van der Waals surface area contributed by atoms with Crippen LogP contribution < -0.4 is 0 Å². The molecule has 0 heterocycles. The molecule has 0 amide bonds. The highest BCUT2D eigenvalue weighted by Crippen LogP contribution is 1.86. The first-order valence-electron chi connectivity index (χ1n) is 2.05. The van der Waals surface area contributed by atoms with Crippen molar-refractivity contribution in [2.45, 2.75) is 13.0 Å². The molecule has 0 fully saturated rings. The Morgan fingerprint density at radius 2 is 1.89 bits per heavy atom. The highest BCUT2D eigenvalue weighted by atomic mass is 32.2. The maximum absolute atomic E-state index is 9.84. The first kappa shape index (κ1) is 11.6. The molecule has 0 rings (SSSR count). The van der Waals surface area contributed by atoms with Gasteiger partial charge in [-0.15, -0.1) is 0 Å². The van der Waals surface area contributed by atoms with E-state index in [-0.39, 0.29) is 5.48 Å². The third-order valence-electron chi connectivity index (χ3n) is 0.452. The first-order chi connectivity index (χ1) is 3.42. The molecular weight excluding hydrogens is 148 g/mol. The number of hydrogen-bond donors (Lipinski definition) is 2. The van der Waals surface area contributed by atoms with Crippen LogP contribution >= 0.6 is 0 Å². The van der Waals surface area contributed by atoms with Gasteiger partial charge in [-0.05, 0) is 6.92 Å². The van der Waals surface area contributed by atoms with Gasteiger partial charge in [0.25, 0.3) is 10.1 Å². The quantitative estimate of drug-likeness (QED) is 0.473. The Morgan fingerprint density at radius 1 is 1.56 bits per heavy atom. The van der Waals surface area contributed by atoms with Gasteiger partial charge in [-0.2, -0.15) is 8.42 Å². The molecular formula is C3H10O5S. The minimum Gasteiger partial charge on any atom is -0.412 e. The van der Waals surface area contributed by atoms with Crippen LogP contribution in [0.3, 0.4) is 0 Å². The van der Waals surface area contributed by atoms with Crippen LogP contribution in [0.4, 0.5) is 0 Å². The molecule has 0 aromatic carbocycles. The fourth-order valence-electron chi connectivity index (χ4n) is 0.305. The maximum atomic E-state index is 9.84. The predicted octanol–water partition coefficient (Wildman–Crippen LogP) is -1.57. The summed E-state index contributed by atoms with van der Waals surface area (Å²) in [5, 5.41) is 8.35. The molecule has 0 aromatic rings. The van der Waals surface area contributed by atoms with E-state index in [1.807, 2.05) is 0 Å². The van der Waals surface area contributed by atoms with Crippen LogP contribution in [0.15, 0.2) is 0 Å². The lowest BCUT2D eigenvalue weighted by atomic mass is 10.5. The Morgan fingerprint density at radius 3 is 1.89 bits per heavy atom. The van der Waals surface area contributed by atoms with Crippen LogP contribution in [0.25, 0.3) is 0 Å². The van der Waals surface area contributed by atoms with E-state index < -0.39 is 22.0 Å². The van der Waals surface area contributed by atoms with E-state index in [0.717, 1.165) is 0 Å². The highest BCUT2D eigenvalue weighted by Gasteiger charge is 2.07. The molecule has 5 nitrogen and oxygen atoms in total. The Balaban J connectivity index is 0. The normalized spacial score (nSPS) is 14.1. The Kier molecular flexibility index (Phi) is 4.87. The Labute approximate surface area is 53.4 Å². The summed E-state index contributed by atoms with van der Waals surface area (Å²) in [4.78, 5) is 0. The summed E-state index contributed by atoms with van der Waals surface area (Å²) in [6.45, 7) is 1.29. The molecule has 0 aliphatic heterocycles. The minimum atomic E-state index is -3.97. The second kappa shape index (κ2) is 3.78. The van der Waals surface area contributed by atoms with Gasteiger partial charge in [0, 0.05) is 0 Å². The van der Waals surface area contributed by atoms with Gasteiger partial charge >= 0.3 is 0 Å². The lowest BCUT2D eigenvalue weighted by Gasteiger charge is -1.97. The van der Waals surface area contributed by atoms with Crippen LogP contribution in [-0.4, -0.2) is 35.4 Å². The third-order valence-corrected chi connectivity index (χ3v) is 1.36. The predicted molar refractivity (Wildman–Crippen MR) is 31.7 cm³/mol. The van der Waals surface area contributed by atoms with Gasteiger partial charge in [0.2, 0.25) is 0 Å². The van der Waals surface area contributed by atoms with Gasteiger partial charge in [0.05, 0.1) is 6.10 Å². The largest absolute Gasteiger partial charge is 0.412 e. The van der Waals surface area contributed by atoms with Crippen LogP contribution in [0.5, 0.6) is 0 Å². The van der Waals surface area contributed by atoms with Crippen molar-refractivity contribution in [1.29, 1.82) is 0 Å². The fraction of sp³-hybridized carbons (Fsp3) is 1.00. The lowest BCUT2D eigenvalue weighted by Crippen LogP contribution is -2.16. The molecule has 58 valence electrons. The van der Waals surface area contributed by atoms with Crippen molar-refractivity contribution in [2.75, 3.05) is 5.75 Å². The fourth-order valence-corrected chi connectivity index (χ4v) is 0.914. The van der Waals surface area contributed by atoms with Crippen molar-refractivity contribution in [3.8, 4) is 0 Å². The van der Waals surface area contributed by atoms with Crippen LogP contribution in [0, 0.1) is 0 Å². The molecule has 0 spiro atoms. The zero-order valence-electron chi connectivity index (χ0n) is 4.90. The number of aliphatic hydroxyl groups excluding tert-OH is 1. The van der Waals surface area contributed by atoms with E-state index in [1.165, 1.54) is 6.92 Å². The van der Waals surface area contributed by atoms with Crippen molar-refractivity contribution >= 4 is 10.1 Å². The molecule has 9 heavy (non-hydrogen) atoms. The van der Waals surface area contributed by atoms with Gasteiger partial charge in [-0.3, -0.25) is 4.55 Å². The van der Waals surface area contributed by atoms with Crippen molar-refractivity contribution in [3.63, 3.8) is 0 Å². The lowest BCUT2D eigenvalue weighted by molar-refractivity contribution is 0.215. The van der Waals surface area contributed by atoms with E-state index in [4.69, 9.17) is 9.66 Å². The molecule has 0 radical (unpaired) electrons. The summed E-state index contributed by atoms with van der Waals surface area (Å²) in [6.07, 6.45) is -0.995. The van der Waals surface area contributed by atoms with Crippen molar-refractivity contribution in [3.05, 3.63) is 0 Å². The van der Waals surface area contributed by atoms with Crippen LogP contribution in [0.1, 0.15) is 6.92 Å². The molecule has 0 aliphatic rings. The van der Waals surface area contributed by atoms with Crippen molar-refractivity contribution in [2.24, 2.45) is 0 Å². The first-order valence-corrected chi connectivity index (χ1v) is 3.66. The molecule has 6 heteroatoms. The summed E-state index contributed by atoms with van der Waals surface area (Å²) in [5.74, 6) is -0.590. The molecule has 0 saturated heterocycles. The average Bonchev–Trinajstić information content (AvgIpc) is 1.21. The molecule has 0 aliphatic carbocycles. The van der Waals surface area contributed by atoms with Gasteiger partial charge in [-0.1, -0.05) is 0 Å². The summed E-state index contributed by atoms with van der Waals surface area (Å²) in [6, 6.07) is 0. The zero-order chi connectivity index (χ0) is 6.78. The van der Waals surface area contributed by atoms with E-state index >= 15 is 0 Å². The Hall–Kier alpha value is -0.170. The molecule has 0 aromatic heterocycles. The molecule has 1 atom stereocenters. The van der Waals surface area contributed by atoms with Gasteiger partial charge < -0.3 is 10.6 Å². The maximum Gasteiger partial charge on any atom is 0.267 e. The van der Waals surface area contributed by atoms with E-state index in [0.29, 0.717) is 0 Å². The summed E-state index contributed by atoms with van der Waals surface area (Å²) >= 11 is 0. The minimum absolute atomic E-state index is 0. The van der Waals surface area contributed by atoms with E-state index in [9.17, 15) is 8.42 Å². The van der Waals surface area contributed by atoms with Gasteiger partial charge in [0.15, 0.2) is 0 Å². The second-order valence-electron chi connectivity index (χ2n) is 1.60. The number of hydrogen-bond acceptors (Lipinski definition) is 3. The monoisotopic (exact) mass is 158 g/mol. The molecule has 0 saturated carbocycles. The average molecular weight is 158 g/mol. The topological polar surface area (TPSA) is 106 Å². The summed E-state index contributed by atoms with van der Waals surface area (Å²) in [5.41, 5.74) is 0. The standard InChI is InChI=1S/C3H8O4S.H2O/c1-3(4)2-8(5,6)7;/h3-4H,2H2,1H3,(H,5,6,7);1H2. The van der Waals surface area contributed by atoms with Crippen molar-refractivity contribution < 1.29 is 23.6 Å². The molecule has 0 bridgehead atoms. The number of aliphatic hydroxyl groups is 1. The summed E-state index contributed by atoms with van der Waals surface area (Å²) < 4.78 is 27.7. The zero-order valence-corrected chi connectivity index (χ0v) is 5.72. The highest BCUT2D eigenvalue weighted by molar-refractivity contribution is 7.85. The second-order valence-corrected chi connectivity index (χ2v) is 3.09. The van der Waals surface area contributed by atoms with E-state index in [1.54, 1.807) is 0 Å². The molecule has 1 unspecified atom stereocenters. The smallest absolute Gasteiger partial charge is 0.267 e. The van der Waals surface area contributed by atoms with Crippen molar-refractivity contribution in [1.82, 2.24) is 0 Å². The molecule has 4 N–H and O–H groups in total.